The lowest BCUT2D eigenvalue weighted by atomic mass is 9.95. The van der Waals surface area contributed by atoms with Crippen LogP contribution in [0.15, 0.2) is 29.2 Å². The van der Waals surface area contributed by atoms with Crippen LogP contribution in [0.1, 0.15) is 25.3 Å². The standard InChI is InChI=1S/C15H19NO4S/c1-11-5-7-13(8-6-11)21(18,19)16-9-3-4-14(16)15(10-20-15)12(2)17/h5-8,14H,3-4,9-10H2,1-2H3/t14-,15+/m1/s1. The Labute approximate surface area is 124 Å². The highest BCUT2D eigenvalue weighted by atomic mass is 32.2. The Bertz CT molecular complexity index is 661. The molecule has 5 nitrogen and oxygen atoms in total. The molecule has 0 saturated carbocycles. The maximum Gasteiger partial charge on any atom is 0.243 e. The van der Waals surface area contributed by atoms with Crippen LogP contribution < -0.4 is 0 Å². The number of aryl methyl sites for hydroxylation is 1. The number of hydrogen-bond donors (Lipinski definition) is 0. The van der Waals surface area contributed by atoms with E-state index in [-0.39, 0.29) is 16.7 Å². The molecule has 0 bridgehead atoms. The zero-order valence-electron chi connectivity index (χ0n) is 12.2. The number of hydrogen-bond acceptors (Lipinski definition) is 4. The molecule has 2 saturated heterocycles. The van der Waals surface area contributed by atoms with E-state index < -0.39 is 15.6 Å². The molecule has 0 spiro atoms. The van der Waals surface area contributed by atoms with E-state index in [1.165, 1.54) is 11.2 Å². The average molecular weight is 309 g/mol. The number of ether oxygens (including phenoxy) is 1. The molecule has 0 amide bonds. The van der Waals surface area contributed by atoms with Gasteiger partial charge in [0.15, 0.2) is 11.4 Å². The lowest BCUT2D eigenvalue weighted by Crippen LogP contribution is -2.48. The van der Waals surface area contributed by atoms with Gasteiger partial charge >= 0.3 is 0 Å². The van der Waals surface area contributed by atoms with E-state index in [2.05, 4.69) is 0 Å². The molecule has 0 radical (unpaired) electrons. The Morgan fingerprint density at radius 2 is 1.95 bits per heavy atom. The summed E-state index contributed by atoms with van der Waals surface area (Å²) in [5.41, 5.74) is 0.103. The maximum absolute atomic E-state index is 12.8. The van der Waals surface area contributed by atoms with E-state index >= 15 is 0 Å². The van der Waals surface area contributed by atoms with Crippen molar-refractivity contribution in [2.75, 3.05) is 13.2 Å². The SMILES string of the molecule is CC(=O)[C@]1([C@H]2CCCN2S(=O)(=O)c2ccc(C)cc2)CO1. The van der Waals surface area contributed by atoms with Crippen molar-refractivity contribution in [1.29, 1.82) is 0 Å². The Morgan fingerprint density at radius 3 is 2.48 bits per heavy atom. The minimum absolute atomic E-state index is 0.0847. The van der Waals surface area contributed by atoms with E-state index in [1.807, 2.05) is 6.92 Å². The molecule has 1 aromatic carbocycles. The average Bonchev–Trinajstić information content (AvgIpc) is 3.09. The highest BCUT2D eigenvalue weighted by molar-refractivity contribution is 7.89. The highest BCUT2D eigenvalue weighted by Gasteiger charge is 2.60. The van der Waals surface area contributed by atoms with Crippen LogP contribution >= 0.6 is 0 Å². The lowest BCUT2D eigenvalue weighted by molar-refractivity contribution is -0.123. The van der Waals surface area contributed by atoms with Gasteiger partial charge in [0, 0.05) is 6.54 Å². The number of sulfonamides is 1. The Balaban J connectivity index is 1.95. The molecule has 2 aliphatic heterocycles. The van der Waals surface area contributed by atoms with Gasteiger partial charge in [-0.1, -0.05) is 17.7 Å². The van der Waals surface area contributed by atoms with Gasteiger partial charge in [0.2, 0.25) is 10.0 Å². The predicted molar refractivity (Wildman–Crippen MR) is 77.5 cm³/mol. The van der Waals surface area contributed by atoms with Crippen LogP contribution in [-0.2, 0) is 19.6 Å². The summed E-state index contributed by atoms with van der Waals surface area (Å²) in [5, 5.41) is 0. The summed E-state index contributed by atoms with van der Waals surface area (Å²) in [6, 6.07) is 6.43. The van der Waals surface area contributed by atoms with E-state index in [1.54, 1.807) is 24.3 Å². The molecule has 6 heteroatoms. The first-order chi connectivity index (χ1) is 9.88. The summed E-state index contributed by atoms with van der Waals surface area (Å²) < 4.78 is 32.4. The number of nitrogens with zero attached hydrogens (tertiary/aromatic N) is 1. The summed E-state index contributed by atoms with van der Waals surface area (Å²) in [5.74, 6) is -0.0847. The Kier molecular flexibility index (Phi) is 3.43. The van der Waals surface area contributed by atoms with Crippen LogP contribution in [0.2, 0.25) is 0 Å². The van der Waals surface area contributed by atoms with E-state index in [9.17, 15) is 13.2 Å². The fraction of sp³-hybridized carbons (Fsp3) is 0.533. The molecule has 2 aliphatic rings. The van der Waals surface area contributed by atoms with Crippen molar-refractivity contribution in [3.05, 3.63) is 29.8 Å². The van der Waals surface area contributed by atoms with Crippen LogP contribution in [0.4, 0.5) is 0 Å². The number of ketones is 1. The van der Waals surface area contributed by atoms with Crippen molar-refractivity contribution < 1.29 is 17.9 Å². The molecular weight excluding hydrogens is 290 g/mol. The quantitative estimate of drug-likeness (QED) is 0.791. The Hall–Kier alpha value is -1.24. The van der Waals surface area contributed by atoms with E-state index in [0.29, 0.717) is 19.6 Å². The predicted octanol–water partition coefficient (Wildman–Crippen LogP) is 1.51. The van der Waals surface area contributed by atoms with Gasteiger partial charge in [-0.2, -0.15) is 4.31 Å². The second kappa shape index (κ2) is 4.90. The molecule has 0 aromatic heterocycles. The molecule has 21 heavy (non-hydrogen) atoms. The molecule has 2 fully saturated rings. The monoisotopic (exact) mass is 309 g/mol. The van der Waals surface area contributed by atoms with Gasteiger partial charge < -0.3 is 4.74 Å². The van der Waals surface area contributed by atoms with Crippen molar-refractivity contribution in [3.8, 4) is 0 Å². The molecule has 0 N–H and O–H groups in total. The van der Waals surface area contributed by atoms with Crippen molar-refractivity contribution in [3.63, 3.8) is 0 Å². The van der Waals surface area contributed by atoms with Crippen molar-refractivity contribution in [1.82, 2.24) is 4.31 Å². The van der Waals surface area contributed by atoms with Crippen LogP contribution in [0.25, 0.3) is 0 Å². The number of benzene rings is 1. The van der Waals surface area contributed by atoms with Crippen molar-refractivity contribution in [2.45, 2.75) is 43.2 Å². The third-order valence-electron chi connectivity index (χ3n) is 4.42. The summed E-state index contributed by atoms with van der Waals surface area (Å²) >= 11 is 0. The zero-order valence-corrected chi connectivity index (χ0v) is 13.0. The van der Waals surface area contributed by atoms with Crippen LogP contribution in [-0.4, -0.2) is 43.3 Å². The molecule has 2 heterocycles. The summed E-state index contributed by atoms with van der Waals surface area (Å²) in [7, 11) is -3.58. The van der Waals surface area contributed by atoms with Gasteiger partial charge in [-0.25, -0.2) is 8.42 Å². The summed E-state index contributed by atoms with van der Waals surface area (Å²) in [4.78, 5) is 12.1. The number of carbonyl (C=O) groups excluding carboxylic acids is 1. The first kappa shape index (κ1) is 14.7. The molecule has 1 aromatic rings. The van der Waals surface area contributed by atoms with Gasteiger partial charge in [-0.05, 0) is 38.8 Å². The molecule has 0 unspecified atom stereocenters. The van der Waals surface area contributed by atoms with Crippen LogP contribution in [0, 0.1) is 6.92 Å². The van der Waals surface area contributed by atoms with Gasteiger partial charge in [0.1, 0.15) is 0 Å². The van der Waals surface area contributed by atoms with Gasteiger partial charge in [0.05, 0.1) is 17.5 Å². The van der Waals surface area contributed by atoms with Crippen molar-refractivity contribution in [2.24, 2.45) is 0 Å². The first-order valence-electron chi connectivity index (χ1n) is 7.11. The van der Waals surface area contributed by atoms with E-state index in [4.69, 9.17) is 4.74 Å². The Morgan fingerprint density at radius 1 is 1.33 bits per heavy atom. The van der Waals surface area contributed by atoms with Gasteiger partial charge in [-0.15, -0.1) is 0 Å². The minimum atomic E-state index is -3.58. The topological polar surface area (TPSA) is 67.0 Å². The summed E-state index contributed by atoms with van der Waals surface area (Å²) in [6.07, 6.45) is 1.43. The van der Waals surface area contributed by atoms with Gasteiger partial charge in [0.25, 0.3) is 0 Å². The van der Waals surface area contributed by atoms with Crippen LogP contribution in [0.3, 0.4) is 0 Å². The second-order valence-corrected chi connectivity index (χ2v) is 7.71. The smallest absolute Gasteiger partial charge is 0.243 e. The second-order valence-electron chi connectivity index (χ2n) is 5.82. The largest absolute Gasteiger partial charge is 0.360 e. The molecular formula is C15H19NO4S. The third kappa shape index (κ3) is 2.31. The van der Waals surface area contributed by atoms with Crippen LogP contribution in [0.5, 0.6) is 0 Å². The fourth-order valence-corrected chi connectivity index (χ4v) is 4.78. The summed E-state index contributed by atoms with van der Waals surface area (Å²) in [6.45, 7) is 4.16. The number of rotatable bonds is 4. The highest BCUT2D eigenvalue weighted by Crippen LogP contribution is 2.42. The molecule has 114 valence electrons. The maximum atomic E-state index is 12.8. The minimum Gasteiger partial charge on any atom is -0.360 e. The number of carbonyl (C=O) groups is 1. The molecule has 0 aliphatic carbocycles. The number of epoxide rings is 1. The zero-order chi connectivity index (χ0) is 15.3. The normalized spacial score (nSPS) is 29.5. The van der Waals surface area contributed by atoms with Gasteiger partial charge in [-0.3, -0.25) is 4.79 Å². The number of Topliss-reactive ketones (excluding diaryl/α,β-unsaturated/α-hetero) is 1. The fourth-order valence-electron chi connectivity index (χ4n) is 3.05. The molecule has 2 atom stereocenters. The lowest BCUT2D eigenvalue weighted by Gasteiger charge is -2.27. The van der Waals surface area contributed by atoms with Crippen molar-refractivity contribution >= 4 is 15.8 Å². The van der Waals surface area contributed by atoms with E-state index in [0.717, 1.165) is 12.0 Å². The third-order valence-corrected chi connectivity index (χ3v) is 6.34. The molecule has 3 rings (SSSR count). The first-order valence-corrected chi connectivity index (χ1v) is 8.55.